The first-order chi connectivity index (χ1) is 7.47. The molecule has 3 rings (SSSR count). The van der Waals surface area contributed by atoms with Crippen LogP contribution in [0.2, 0.25) is 0 Å². The lowest BCUT2D eigenvalue weighted by molar-refractivity contribution is -0.137. The fourth-order valence-electron chi connectivity index (χ4n) is 2.44. The van der Waals surface area contributed by atoms with E-state index in [0.29, 0.717) is 19.3 Å². The predicted molar refractivity (Wildman–Crippen MR) is 54.1 cm³/mol. The molecule has 0 radical (unpaired) electrons. The average molecular weight is 200 g/mol. The smallest absolute Gasteiger partial charge is 0.408 e. The number of rotatable bonds is 1. The molecule has 0 aromatic rings. The van der Waals surface area contributed by atoms with Crippen molar-refractivity contribution in [3.63, 3.8) is 0 Å². The largest absolute Gasteiger partial charge is 0.444 e. The first-order valence-corrected chi connectivity index (χ1v) is 4.98. The third-order valence-electron chi connectivity index (χ3n) is 2.80. The molecule has 0 spiro atoms. The van der Waals surface area contributed by atoms with E-state index in [0.717, 1.165) is 0 Å². The van der Waals surface area contributed by atoms with Crippen LogP contribution in [0, 0.1) is 5.41 Å². The van der Waals surface area contributed by atoms with Crippen LogP contribution in [-0.4, -0.2) is 17.2 Å². The van der Waals surface area contributed by atoms with Gasteiger partial charge in [0.15, 0.2) is 0 Å². The summed E-state index contributed by atoms with van der Waals surface area (Å²) in [5.41, 5.74) is -1.37. The second-order valence-corrected chi connectivity index (χ2v) is 5.72. The highest BCUT2D eigenvalue weighted by Gasteiger charge is 2.65. The molecule has 80 valence electrons. The highest BCUT2D eigenvalue weighted by molar-refractivity contribution is 5.69. The van der Waals surface area contributed by atoms with Gasteiger partial charge in [-0.15, -0.1) is 0 Å². The summed E-state index contributed by atoms with van der Waals surface area (Å²) in [6.07, 6.45) is 1.21. The third-order valence-corrected chi connectivity index (χ3v) is 2.80. The first-order valence-electron chi connectivity index (χ1n) is 6.48. The average Bonchev–Trinajstić information content (AvgIpc) is 1.86. The van der Waals surface area contributed by atoms with Crippen LogP contribution in [0.3, 0.4) is 0 Å². The van der Waals surface area contributed by atoms with Crippen molar-refractivity contribution in [3.05, 3.63) is 0 Å². The van der Waals surface area contributed by atoms with Crippen molar-refractivity contribution in [1.29, 1.82) is 0 Å². The van der Waals surface area contributed by atoms with Crippen LogP contribution in [0.15, 0.2) is 0 Å². The predicted octanol–water partition coefficient (Wildman–Crippen LogP) is 2.45. The highest BCUT2D eigenvalue weighted by atomic mass is 16.6. The van der Waals surface area contributed by atoms with Crippen LogP contribution in [0.25, 0.3) is 0 Å². The van der Waals surface area contributed by atoms with Crippen LogP contribution >= 0.6 is 0 Å². The minimum absolute atomic E-state index is 0.309. The van der Waals surface area contributed by atoms with Gasteiger partial charge in [0.25, 0.3) is 0 Å². The molecule has 0 saturated heterocycles. The van der Waals surface area contributed by atoms with Crippen molar-refractivity contribution >= 4 is 6.09 Å². The van der Waals surface area contributed by atoms with E-state index in [-0.39, 0.29) is 5.54 Å². The van der Waals surface area contributed by atoms with Crippen molar-refractivity contribution in [3.8, 4) is 0 Å². The Kier molecular flexibility index (Phi) is 1.17. The molecule has 3 saturated carbocycles. The molecule has 3 aliphatic carbocycles. The number of amides is 1. The van der Waals surface area contributed by atoms with E-state index in [9.17, 15) is 4.79 Å². The van der Waals surface area contributed by atoms with Crippen molar-refractivity contribution < 1.29 is 13.6 Å². The Morgan fingerprint density at radius 3 is 2.43 bits per heavy atom. The summed E-state index contributed by atoms with van der Waals surface area (Å²) in [6.45, 7) is 3.51. The molecule has 0 unspecified atom stereocenters. The zero-order valence-electron chi connectivity index (χ0n) is 11.9. The van der Waals surface area contributed by atoms with Crippen molar-refractivity contribution in [2.45, 2.75) is 58.0 Å². The lowest BCUT2D eigenvalue weighted by Gasteiger charge is -2.69. The number of nitrogens with one attached hydrogen (secondary N) is 1. The van der Waals surface area contributed by atoms with Crippen molar-refractivity contribution in [1.82, 2.24) is 5.32 Å². The van der Waals surface area contributed by atoms with Gasteiger partial charge in [0, 0.05) is 9.65 Å². The highest BCUT2D eigenvalue weighted by Crippen LogP contribution is 2.66. The Bertz CT molecular complexity index is 337. The molecule has 3 aliphatic rings. The minimum atomic E-state index is -1.90. The zero-order chi connectivity index (χ0) is 13.1. The van der Waals surface area contributed by atoms with E-state index >= 15 is 0 Å². The van der Waals surface area contributed by atoms with Crippen LogP contribution in [0.1, 0.15) is 51.0 Å². The number of carbonyl (C=O) groups excluding carboxylic acids is 1. The van der Waals surface area contributed by atoms with E-state index in [2.05, 4.69) is 5.32 Å². The molecule has 3 nitrogen and oxygen atoms in total. The topological polar surface area (TPSA) is 38.3 Å². The van der Waals surface area contributed by atoms with Gasteiger partial charge in [0.05, 0.1) is 0 Å². The normalized spacial score (nSPS) is 43.5. The second kappa shape index (κ2) is 2.44. The van der Waals surface area contributed by atoms with Gasteiger partial charge in [-0.05, 0) is 45.4 Å². The lowest BCUT2D eigenvalue weighted by atomic mass is 9.40. The van der Waals surface area contributed by atoms with Gasteiger partial charge in [-0.1, -0.05) is 6.85 Å². The summed E-state index contributed by atoms with van der Waals surface area (Å²) in [5.74, 6) is 0. The van der Waals surface area contributed by atoms with Gasteiger partial charge in [0.1, 0.15) is 5.60 Å². The Morgan fingerprint density at radius 1 is 1.43 bits per heavy atom. The quantitative estimate of drug-likeness (QED) is 0.706. The number of hydrogen-bond donors (Lipinski definition) is 1. The third kappa shape index (κ3) is 1.60. The van der Waals surface area contributed by atoms with Gasteiger partial charge in [0.2, 0.25) is 0 Å². The molecule has 0 aromatic heterocycles. The number of ether oxygens (including phenoxy) is 1. The van der Waals surface area contributed by atoms with Crippen molar-refractivity contribution in [2.75, 3.05) is 0 Å². The number of alkyl carbamates (subject to hydrolysis) is 1. The molecule has 2 bridgehead atoms. The maximum absolute atomic E-state index is 11.6. The Balaban J connectivity index is 1.85. The first kappa shape index (κ1) is 6.70. The van der Waals surface area contributed by atoms with E-state index in [4.69, 9.17) is 8.85 Å². The van der Waals surface area contributed by atoms with Crippen LogP contribution in [0.4, 0.5) is 4.79 Å². The van der Waals surface area contributed by atoms with Crippen LogP contribution in [0.5, 0.6) is 0 Å². The standard InChI is InChI=1S/C11H19NO2/c1-9(2,3)14-8(13)12-11-5-10(4,6-11)7-11/h5-7H2,1-4H3,(H,12,13)/i4D3. The van der Waals surface area contributed by atoms with E-state index < -0.39 is 24.0 Å². The summed E-state index contributed by atoms with van der Waals surface area (Å²) >= 11 is 0. The fourth-order valence-corrected chi connectivity index (χ4v) is 2.44. The summed E-state index contributed by atoms with van der Waals surface area (Å²) in [4.78, 5) is 11.6. The molecule has 3 heteroatoms. The van der Waals surface area contributed by atoms with E-state index in [1.165, 1.54) is 0 Å². The second-order valence-electron chi connectivity index (χ2n) is 5.72. The van der Waals surface area contributed by atoms with E-state index in [1.54, 1.807) is 20.8 Å². The van der Waals surface area contributed by atoms with Crippen molar-refractivity contribution in [2.24, 2.45) is 5.41 Å². The van der Waals surface area contributed by atoms with E-state index in [1.807, 2.05) is 0 Å². The van der Waals surface area contributed by atoms with Gasteiger partial charge in [-0.2, -0.15) is 0 Å². The van der Waals surface area contributed by atoms with Gasteiger partial charge in [-0.25, -0.2) is 4.79 Å². The summed E-state index contributed by atoms with van der Waals surface area (Å²) in [6, 6.07) is 0. The fraction of sp³-hybridized carbons (Fsp3) is 0.909. The molecule has 3 fully saturated rings. The molecule has 1 N–H and O–H groups in total. The maximum atomic E-state index is 11.6. The molecule has 0 aliphatic heterocycles. The maximum Gasteiger partial charge on any atom is 0.408 e. The number of hydrogen-bond acceptors (Lipinski definition) is 2. The van der Waals surface area contributed by atoms with Gasteiger partial charge >= 0.3 is 6.09 Å². The summed E-state index contributed by atoms with van der Waals surface area (Å²) < 4.78 is 27.4. The SMILES string of the molecule is [2H]C([2H])([2H])C12CC(NC(=O)OC(C)(C)C)(C1)C2. The molecule has 1 amide bonds. The minimum Gasteiger partial charge on any atom is -0.444 e. The Hall–Kier alpha value is -0.730. The lowest BCUT2D eigenvalue weighted by Crippen LogP contribution is -2.73. The molecule has 0 aromatic carbocycles. The molecule has 0 heterocycles. The van der Waals surface area contributed by atoms with Gasteiger partial charge < -0.3 is 10.1 Å². The summed E-state index contributed by atoms with van der Waals surface area (Å²) in [7, 11) is 0. The zero-order valence-corrected chi connectivity index (χ0v) is 8.94. The van der Waals surface area contributed by atoms with Gasteiger partial charge in [-0.3, -0.25) is 0 Å². The summed E-state index contributed by atoms with van der Waals surface area (Å²) in [5, 5.41) is 2.80. The molecule has 0 atom stereocenters. The number of carbonyl (C=O) groups is 1. The molecule has 14 heavy (non-hydrogen) atoms. The Morgan fingerprint density at radius 2 is 2.00 bits per heavy atom. The molecular formula is C11H19NO2. The van der Waals surface area contributed by atoms with Crippen LogP contribution < -0.4 is 5.32 Å². The molecular weight excluding hydrogens is 178 g/mol. The monoisotopic (exact) mass is 200 g/mol. The van der Waals surface area contributed by atoms with Crippen LogP contribution in [-0.2, 0) is 4.74 Å². The Labute approximate surface area is 89.4 Å².